The lowest BCUT2D eigenvalue weighted by atomic mass is 9.90. The summed E-state index contributed by atoms with van der Waals surface area (Å²) in [5.41, 5.74) is 5.25. The van der Waals surface area contributed by atoms with Crippen molar-refractivity contribution in [3.8, 4) is 0 Å². The van der Waals surface area contributed by atoms with Gasteiger partial charge in [0, 0.05) is 25.0 Å². The molecule has 1 saturated heterocycles. The zero-order valence-corrected chi connectivity index (χ0v) is 22.3. The molecule has 0 aliphatic carbocycles. The van der Waals surface area contributed by atoms with Crippen LogP contribution in [0.3, 0.4) is 0 Å². The molecule has 1 unspecified atom stereocenters. The van der Waals surface area contributed by atoms with E-state index in [1.54, 1.807) is 0 Å². The molecule has 1 aliphatic rings. The largest absolute Gasteiger partial charge is 0.342 e. The predicted octanol–water partition coefficient (Wildman–Crippen LogP) is 5.99. The summed E-state index contributed by atoms with van der Waals surface area (Å²) in [7, 11) is 0. The number of fused-ring (bicyclic) bond motifs is 3. The van der Waals surface area contributed by atoms with Crippen LogP contribution in [0, 0.1) is 5.92 Å². The van der Waals surface area contributed by atoms with Gasteiger partial charge in [-0.15, -0.1) is 10.2 Å². The van der Waals surface area contributed by atoms with Crippen molar-refractivity contribution < 1.29 is 4.79 Å². The van der Waals surface area contributed by atoms with Gasteiger partial charge in [-0.3, -0.25) is 4.79 Å². The van der Waals surface area contributed by atoms with Crippen LogP contribution < -0.4 is 0 Å². The van der Waals surface area contributed by atoms with Crippen LogP contribution in [-0.4, -0.2) is 48.9 Å². The fraction of sp³-hybridized carbons (Fsp3) is 0.290. The van der Waals surface area contributed by atoms with Gasteiger partial charge in [-0.05, 0) is 49.3 Å². The number of nitrogens with zero attached hydrogens (tertiary/aromatic N) is 5. The van der Waals surface area contributed by atoms with E-state index in [2.05, 4.69) is 81.5 Å². The van der Waals surface area contributed by atoms with E-state index in [1.165, 1.54) is 22.9 Å². The SMILES string of the molecule is CC(Sc1nnc2c3ccccc3n(Cc3ccccc3)c2n1)C(=O)N1CCC(Cc2ccccc2)CC1. The minimum atomic E-state index is -0.271. The first kappa shape index (κ1) is 24.6. The van der Waals surface area contributed by atoms with Gasteiger partial charge in [0.25, 0.3) is 0 Å². The van der Waals surface area contributed by atoms with E-state index in [4.69, 9.17) is 4.98 Å². The van der Waals surface area contributed by atoms with Crippen molar-refractivity contribution in [2.24, 2.45) is 5.92 Å². The average molecular weight is 522 g/mol. The van der Waals surface area contributed by atoms with Gasteiger partial charge in [0.2, 0.25) is 11.1 Å². The number of hydrogen-bond acceptors (Lipinski definition) is 5. The van der Waals surface area contributed by atoms with Crippen LogP contribution in [0.5, 0.6) is 0 Å². The van der Waals surface area contributed by atoms with E-state index in [9.17, 15) is 4.79 Å². The lowest BCUT2D eigenvalue weighted by Gasteiger charge is -2.33. The lowest BCUT2D eigenvalue weighted by Crippen LogP contribution is -2.42. The molecule has 5 aromatic rings. The number of thioether (sulfide) groups is 1. The average Bonchev–Trinajstić information content (AvgIpc) is 3.27. The first-order chi connectivity index (χ1) is 18.7. The Hall–Kier alpha value is -3.71. The van der Waals surface area contributed by atoms with Gasteiger partial charge in [0.1, 0.15) is 5.52 Å². The van der Waals surface area contributed by atoms with Crippen molar-refractivity contribution in [3.63, 3.8) is 0 Å². The highest BCUT2D eigenvalue weighted by atomic mass is 32.2. The molecule has 0 radical (unpaired) electrons. The fourth-order valence-electron chi connectivity index (χ4n) is 5.44. The molecule has 3 heterocycles. The fourth-order valence-corrected chi connectivity index (χ4v) is 6.23. The molecule has 1 aliphatic heterocycles. The van der Waals surface area contributed by atoms with E-state index in [-0.39, 0.29) is 11.2 Å². The van der Waals surface area contributed by atoms with Crippen molar-refractivity contribution in [1.29, 1.82) is 0 Å². The predicted molar refractivity (Wildman–Crippen MR) is 153 cm³/mol. The molecule has 6 rings (SSSR count). The summed E-state index contributed by atoms with van der Waals surface area (Å²) < 4.78 is 2.20. The van der Waals surface area contributed by atoms with E-state index in [0.29, 0.717) is 17.6 Å². The molecule has 3 aromatic carbocycles. The summed E-state index contributed by atoms with van der Waals surface area (Å²) >= 11 is 1.40. The molecule has 1 amide bonds. The van der Waals surface area contributed by atoms with Gasteiger partial charge in [-0.25, -0.2) is 4.98 Å². The Balaban J connectivity index is 1.17. The van der Waals surface area contributed by atoms with Gasteiger partial charge in [-0.2, -0.15) is 0 Å². The first-order valence-corrected chi connectivity index (χ1v) is 14.2. The number of carbonyl (C=O) groups excluding carboxylic acids is 1. The summed E-state index contributed by atoms with van der Waals surface area (Å²) in [6.45, 7) is 4.27. The summed E-state index contributed by atoms with van der Waals surface area (Å²) in [5.74, 6) is 0.785. The number of rotatable bonds is 7. The molecule has 7 heteroatoms. The van der Waals surface area contributed by atoms with Crippen molar-refractivity contribution in [1.82, 2.24) is 24.6 Å². The molecule has 192 valence electrons. The number of carbonyl (C=O) groups is 1. The van der Waals surface area contributed by atoms with Crippen LogP contribution in [-0.2, 0) is 17.8 Å². The Morgan fingerprint density at radius 1 is 0.895 bits per heavy atom. The Bertz CT molecular complexity index is 1540. The highest BCUT2D eigenvalue weighted by Crippen LogP contribution is 2.30. The van der Waals surface area contributed by atoms with E-state index >= 15 is 0 Å². The summed E-state index contributed by atoms with van der Waals surface area (Å²) in [4.78, 5) is 20.2. The smallest absolute Gasteiger partial charge is 0.235 e. The zero-order chi connectivity index (χ0) is 25.9. The van der Waals surface area contributed by atoms with E-state index in [0.717, 1.165) is 54.4 Å². The van der Waals surface area contributed by atoms with Crippen LogP contribution in [0.2, 0.25) is 0 Å². The number of piperidine rings is 1. The first-order valence-electron chi connectivity index (χ1n) is 13.3. The van der Waals surface area contributed by atoms with Crippen LogP contribution in [0.25, 0.3) is 22.1 Å². The second kappa shape index (κ2) is 11.0. The molecule has 0 N–H and O–H groups in total. The molecule has 0 saturated carbocycles. The molecule has 1 atom stereocenters. The third-order valence-electron chi connectivity index (χ3n) is 7.46. The van der Waals surface area contributed by atoms with Crippen molar-refractivity contribution in [2.45, 2.75) is 43.1 Å². The quantitative estimate of drug-likeness (QED) is 0.246. The molecule has 38 heavy (non-hydrogen) atoms. The van der Waals surface area contributed by atoms with Gasteiger partial charge >= 0.3 is 0 Å². The van der Waals surface area contributed by atoms with Crippen molar-refractivity contribution in [2.75, 3.05) is 13.1 Å². The maximum absolute atomic E-state index is 13.3. The third-order valence-corrected chi connectivity index (χ3v) is 8.40. The number of likely N-dealkylation sites (tertiary alicyclic amines) is 1. The minimum absolute atomic E-state index is 0.154. The summed E-state index contributed by atoms with van der Waals surface area (Å²) in [6, 6.07) is 29.2. The maximum Gasteiger partial charge on any atom is 0.235 e. The Labute approximate surface area is 227 Å². The van der Waals surface area contributed by atoms with Gasteiger partial charge in [-0.1, -0.05) is 90.6 Å². The summed E-state index contributed by atoms with van der Waals surface area (Å²) in [6.07, 6.45) is 3.17. The normalized spacial score (nSPS) is 15.2. The van der Waals surface area contributed by atoms with Gasteiger partial charge < -0.3 is 9.47 Å². The standard InChI is InChI=1S/C31H31N5OS/c1-22(30(37)35-18-16-24(17-19-35)20-23-10-4-2-5-11-23)38-31-32-29-28(33-34-31)26-14-8-9-15-27(26)36(29)21-25-12-6-3-7-13-25/h2-15,22,24H,16-21H2,1H3. The second-order valence-electron chi connectivity index (χ2n) is 10.1. The number of amides is 1. The monoisotopic (exact) mass is 521 g/mol. The van der Waals surface area contributed by atoms with Crippen LogP contribution in [0.15, 0.2) is 90.1 Å². The Morgan fingerprint density at radius 3 is 2.29 bits per heavy atom. The van der Waals surface area contributed by atoms with Crippen molar-refractivity contribution >= 4 is 39.7 Å². The molecule has 6 nitrogen and oxygen atoms in total. The Kier molecular flexibility index (Phi) is 7.10. The second-order valence-corrected chi connectivity index (χ2v) is 11.4. The molecule has 0 spiro atoms. The molecular weight excluding hydrogens is 490 g/mol. The number of aromatic nitrogens is 4. The van der Waals surface area contributed by atoms with E-state index < -0.39 is 0 Å². The van der Waals surface area contributed by atoms with Crippen LogP contribution in [0.1, 0.15) is 30.9 Å². The lowest BCUT2D eigenvalue weighted by molar-refractivity contribution is -0.131. The number of benzene rings is 3. The number of para-hydroxylation sites is 1. The minimum Gasteiger partial charge on any atom is -0.342 e. The van der Waals surface area contributed by atoms with Crippen LogP contribution in [0.4, 0.5) is 0 Å². The summed E-state index contributed by atoms with van der Waals surface area (Å²) in [5, 5.41) is 10.3. The highest BCUT2D eigenvalue weighted by Gasteiger charge is 2.27. The third kappa shape index (κ3) is 5.16. The number of hydrogen-bond donors (Lipinski definition) is 0. The van der Waals surface area contributed by atoms with Crippen LogP contribution >= 0.6 is 11.8 Å². The van der Waals surface area contributed by atoms with Gasteiger partial charge in [0.15, 0.2) is 5.65 Å². The highest BCUT2D eigenvalue weighted by molar-refractivity contribution is 8.00. The molecule has 2 aromatic heterocycles. The van der Waals surface area contributed by atoms with Crippen molar-refractivity contribution in [3.05, 3.63) is 96.1 Å². The zero-order valence-electron chi connectivity index (χ0n) is 21.5. The maximum atomic E-state index is 13.3. The molecule has 1 fully saturated rings. The Morgan fingerprint density at radius 2 is 1.55 bits per heavy atom. The molecule has 0 bridgehead atoms. The molecular formula is C31H31N5OS. The topological polar surface area (TPSA) is 63.9 Å². The van der Waals surface area contributed by atoms with Gasteiger partial charge in [0.05, 0.1) is 10.8 Å². The van der Waals surface area contributed by atoms with E-state index in [1.807, 2.05) is 30.0 Å².